The van der Waals surface area contributed by atoms with Crippen molar-refractivity contribution in [1.82, 2.24) is 10.2 Å². The molecule has 0 amide bonds. The minimum absolute atomic E-state index is 0.343. The lowest BCUT2D eigenvalue weighted by Gasteiger charge is -2.37. The number of rotatable bonds is 10. The average Bonchev–Trinajstić information content (AvgIpc) is 3.20. The fraction of sp³-hybridized carbons (Fsp3) is 0.941. The van der Waals surface area contributed by atoms with E-state index in [1.165, 1.54) is 32.1 Å². The lowest BCUT2D eigenvalue weighted by Crippen LogP contribution is -2.57. The highest BCUT2D eigenvalue weighted by Crippen LogP contribution is 2.40. The normalized spacial score (nSPS) is 18.6. The zero-order valence-electron chi connectivity index (χ0n) is 14.1. The van der Waals surface area contributed by atoms with Crippen molar-refractivity contribution in [3.05, 3.63) is 0 Å². The Morgan fingerprint density at radius 3 is 2.30 bits per heavy atom. The van der Waals surface area contributed by atoms with Crippen molar-refractivity contribution in [3.63, 3.8) is 0 Å². The molecule has 0 aromatic rings. The van der Waals surface area contributed by atoms with Gasteiger partial charge >= 0.3 is 0 Å². The van der Waals surface area contributed by atoms with Crippen LogP contribution >= 0.6 is 0 Å². The first kappa shape index (κ1) is 17.5. The Morgan fingerprint density at radius 2 is 1.90 bits per heavy atom. The summed E-state index contributed by atoms with van der Waals surface area (Å²) >= 11 is 0. The first-order valence-corrected chi connectivity index (χ1v) is 8.38. The summed E-state index contributed by atoms with van der Waals surface area (Å²) in [6, 6.07) is 3.50. The van der Waals surface area contributed by atoms with Crippen LogP contribution in [0.3, 0.4) is 0 Å². The van der Waals surface area contributed by atoms with Gasteiger partial charge in [0.05, 0.1) is 6.07 Å². The minimum Gasteiger partial charge on any atom is -0.298 e. The summed E-state index contributed by atoms with van der Waals surface area (Å²) in [5.74, 6) is 0.544. The second-order valence-corrected chi connectivity index (χ2v) is 6.93. The second kappa shape index (κ2) is 8.00. The molecule has 0 heterocycles. The molecule has 3 heteroatoms. The molecule has 0 bridgehead atoms. The maximum atomic E-state index is 9.80. The van der Waals surface area contributed by atoms with Crippen LogP contribution in [0.2, 0.25) is 0 Å². The molecule has 1 N–H and O–H groups in total. The van der Waals surface area contributed by atoms with Gasteiger partial charge in [0.15, 0.2) is 0 Å². The van der Waals surface area contributed by atoms with E-state index in [0.29, 0.717) is 18.0 Å². The molecule has 0 radical (unpaired) electrons. The summed E-state index contributed by atoms with van der Waals surface area (Å²) in [4.78, 5) is 2.49. The predicted octanol–water partition coefficient (Wildman–Crippen LogP) is 3.56. The molecule has 0 aromatic carbocycles. The van der Waals surface area contributed by atoms with Crippen molar-refractivity contribution < 1.29 is 0 Å². The van der Waals surface area contributed by atoms with Gasteiger partial charge in [0.2, 0.25) is 0 Å². The van der Waals surface area contributed by atoms with Crippen LogP contribution in [-0.2, 0) is 0 Å². The Labute approximate surface area is 125 Å². The molecule has 1 aliphatic rings. The fourth-order valence-corrected chi connectivity index (χ4v) is 2.95. The average molecular weight is 279 g/mol. The molecular weight excluding hydrogens is 246 g/mol. The van der Waals surface area contributed by atoms with Crippen molar-refractivity contribution >= 4 is 0 Å². The maximum Gasteiger partial charge on any atom is 0.122 e. The van der Waals surface area contributed by atoms with E-state index < -0.39 is 0 Å². The van der Waals surface area contributed by atoms with Crippen LogP contribution in [0.4, 0.5) is 0 Å². The molecule has 20 heavy (non-hydrogen) atoms. The molecule has 1 fully saturated rings. The second-order valence-electron chi connectivity index (χ2n) is 6.93. The van der Waals surface area contributed by atoms with Gasteiger partial charge in [-0.25, -0.2) is 0 Å². The van der Waals surface area contributed by atoms with Gasteiger partial charge in [-0.05, 0) is 59.4 Å². The van der Waals surface area contributed by atoms with Crippen molar-refractivity contribution in [2.24, 2.45) is 5.92 Å². The first-order valence-electron chi connectivity index (χ1n) is 8.38. The SMILES string of the molecule is CCCCCN(CC(C#N)(NC(C)C)C1CC1)C(C)C. The summed E-state index contributed by atoms with van der Waals surface area (Å²) in [5, 5.41) is 13.4. The lowest BCUT2D eigenvalue weighted by atomic mass is 9.92. The highest BCUT2D eigenvalue weighted by atomic mass is 15.2. The lowest BCUT2D eigenvalue weighted by molar-refractivity contribution is 0.153. The molecule has 1 aliphatic carbocycles. The van der Waals surface area contributed by atoms with Crippen LogP contribution in [0.5, 0.6) is 0 Å². The number of nitriles is 1. The van der Waals surface area contributed by atoms with Crippen LogP contribution in [0.1, 0.15) is 66.7 Å². The van der Waals surface area contributed by atoms with Crippen molar-refractivity contribution in [1.29, 1.82) is 5.26 Å². The van der Waals surface area contributed by atoms with Gasteiger partial charge in [-0.1, -0.05) is 19.8 Å². The van der Waals surface area contributed by atoms with Gasteiger partial charge in [0, 0.05) is 18.6 Å². The predicted molar refractivity (Wildman–Crippen MR) is 85.6 cm³/mol. The summed E-state index contributed by atoms with van der Waals surface area (Å²) in [6.07, 6.45) is 6.18. The van der Waals surface area contributed by atoms with E-state index in [4.69, 9.17) is 0 Å². The molecule has 0 saturated heterocycles. The highest BCUT2D eigenvalue weighted by molar-refractivity contribution is 5.17. The topological polar surface area (TPSA) is 39.1 Å². The third-order valence-electron chi connectivity index (χ3n) is 4.25. The van der Waals surface area contributed by atoms with Crippen LogP contribution in [-0.4, -0.2) is 35.6 Å². The quantitative estimate of drug-likeness (QED) is 0.622. The summed E-state index contributed by atoms with van der Waals surface area (Å²) in [7, 11) is 0. The first-order chi connectivity index (χ1) is 9.45. The Hall–Kier alpha value is -0.590. The number of hydrogen-bond acceptors (Lipinski definition) is 3. The molecule has 3 nitrogen and oxygen atoms in total. The van der Waals surface area contributed by atoms with E-state index >= 15 is 0 Å². The number of hydrogen-bond donors (Lipinski definition) is 1. The Balaban J connectivity index is 2.71. The summed E-state index contributed by atoms with van der Waals surface area (Å²) in [6.45, 7) is 13.0. The van der Waals surface area contributed by atoms with Gasteiger partial charge in [-0.3, -0.25) is 10.2 Å². The van der Waals surface area contributed by atoms with Gasteiger partial charge in [0.1, 0.15) is 5.54 Å². The van der Waals surface area contributed by atoms with Gasteiger partial charge < -0.3 is 0 Å². The number of nitrogens with zero attached hydrogens (tertiary/aromatic N) is 2. The van der Waals surface area contributed by atoms with E-state index in [-0.39, 0.29) is 5.54 Å². The molecule has 1 unspecified atom stereocenters. The summed E-state index contributed by atoms with van der Waals surface area (Å²) in [5.41, 5.74) is -0.343. The molecule has 0 aliphatic heterocycles. The Morgan fingerprint density at radius 1 is 1.25 bits per heavy atom. The molecule has 1 rings (SSSR count). The zero-order valence-corrected chi connectivity index (χ0v) is 14.1. The number of unbranched alkanes of at least 4 members (excludes halogenated alkanes) is 2. The van der Waals surface area contributed by atoms with Crippen LogP contribution in [0, 0.1) is 17.2 Å². The molecular formula is C17H33N3. The highest BCUT2D eigenvalue weighted by Gasteiger charge is 2.47. The molecule has 116 valence electrons. The monoisotopic (exact) mass is 279 g/mol. The van der Waals surface area contributed by atoms with E-state index in [2.05, 4.69) is 50.9 Å². The van der Waals surface area contributed by atoms with Crippen LogP contribution in [0.15, 0.2) is 0 Å². The van der Waals surface area contributed by atoms with Gasteiger partial charge in [-0.2, -0.15) is 5.26 Å². The largest absolute Gasteiger partial charge is 0.298 e. The summed E-state index contributed by atoms with van der Waals surface area (Å²) < 4.78 is 0. The van der Waals surface area contributed by atoms with E-state index in [9.17, 15) is 5.26 Å². The van der Waals surface area contributed by atoms with E-state index in [1.54, 1.807) is 0 Å². The van der Waals surface area contributed by atoms with Crippen LogP contribution < -0.4 is 5.32 Å². The Bertz CT molecular complexity index is 315. The smallest absolute Gasteiger partial charge is 0.122 e. The standard InChI is InChI=1S/C17H33N3/c1-6-7-8-11-20(15(4)5)13-17(12-18,16-9-10-16)19-14(2)3/h14-16,19H,6-11,13H2,1-5H3. The fourth-order valence-electron chi connectivity index (χ4n) is 2.95. The van der Waals surface area contributed by atoms with E-state index in [0.717, 1.165) is 13.1 Å². The maximum absolute atomic E-state index is 9.80. The van der Waals surface area contributed by atoms with Crippen molar-refractivity contribution in [3.8, 4) is 6.07 Å². The van der Waals surface area contributed by atoms with Gasteiger partial charge in [-0.15, -0.1) is 0 Å². The molecule has 1 atom stereocenters. The Kier molecular flexibility index (Phi) is 6.99. The number of nitrogens with one attached hydrogen (secondary N) is 1. The third-order valence-corrected chi connectivity index (χ3v) is 4.25. The van der Waals surface area contributed by atoms with Crippen molar-refractivity contribution in [2.75, 3.05) is 13.1 Å². The van der Waals surface area contributed by atoms with E-state index in [1.807, 2.05) is 0 Å². The van der Waals surface area contributed by atoms with Crippen LogP contribution in [0.25, 0.3) is 0 Å². The molecule has 1 saturated carbocycles. The van der Waals surface area contributed by atoms with Crippen molar-refractivity contribution in [2.45, 2.75) is 84.3 Å². The minimum atomic E-state index is -0.343. The molecule has 0 spiro atoms. The van der Waals surface area contributed by atoms with Gasteiger partial charge in [0.25, 0.3) is 0 Å². The zero-order chi connectivity index (χ0) is 15.2. The third kappa shape index (κ3) is 5.07. The molecule has 0 aromatic heterocycles.